The number of amides is 2. The quantitative estimate of drug-likeness (QED) is 0.340. The van der Waals surface area contributed by atoms with E-state index < -0.39 is 11.1 Å². The molecule has 0 radical (unpaired) electrons. The molecule has 9 heteroatoms. The van der Waals surface area contributed by atoms with Crippen molar-refractivity contribution in [2.75, 3.05) is 27.3 Å². The van der Waals surface area contributed by atoms with E-state index in [2.05, 4.69) is 34.9 Å². The Kier molecular flexibility index (Phi) is 9.42. The Balaban J connectivity index is 0.000000181. The van der Waals surface area contributed by atoms with Crippen LogP contribution < -0.4 is 10.6 Å². The largest absolute Gasteiger partial charge is 0.509 e. The Morgan fingerprint density at radius 1 is 0.674 bits per heavy atom. The maximum absolute atomic E-state index is 12.6. The zero-order valence-electron chi connectivity index (χ0n) is 28.5. The van der Waals surface area contributed by atoms with Crippen molar-refractivity contribution in [3.63, 3.8) is 0 Å². The van der Waals surface area contributed by atoms with Crippen molar-refractivity contribution in [1.82, 2.24) is 15.7 Å². The van der Waals surface area contributed by atoms with E-state index in [0.717, 1.165) is 70.2 Å². The van der Waals surface area contributed by atoms with Crippen molar-refractivity contribution in [2.24, 2.45) is 0 Å². The zero-order chi connectivity index (χ0) is 33.6. The van der Waals surface area contributed by atoms with Crippen LogP contribution in [0.5, 0.6) is 0 Å². The molecule has 2 aromatic rings. The number of aliphatic hydroxyl groups excluding tert-OH is 2. The first-order chi connectivity index (χ1) is 21.8. The molecule has 1 saturated heterocycles. The van der Waals surface area contributed by atoms with Crippen LogP contribution in [0.25, 0.3) is 11.1 Å². The summed E-state index contributed by atoms with van der Waals surface area (Å²) in [7, 11) is 3.36. The molecule has 4 N–H and O–H groups in total. The molecule has 2 fully saturated rings. The first-order valence-corrected chi connectivity index (χ1v) is 16.3. The van der Waals surface area contributed by atoms with Crippen LogP contribution in [0.3, 0.4) is 0 Å². The number of hydroxylamine groups is 2. The first-order valence-electron chi connectivity index (χ1n) is 16.3. The number of aryl methyl sites for hydroxylation is 6. The number of ether oxygens (including phenoxy) is 1. The SMILES string of the molecule is COC1CCC2(CC1)NC(=O)C(c1c(C)cc(C)cc1C)=C2O.CON1CCC2(CC1)NC(=O)C(c1c(C)cc(C)cc1C)=C2O. The van der Waals surface area contributed by atoms with Gasteiger partial charge in [-0.15, -0.1) is 0 Å². The highest BCUT2D eigenvalue weighted by molar-refractivity contribution is 6.24. The number of hydrogen-bond donors (Lipinski definition) is 4. The Bertz CT molecular complexity index is 1440. The van der Waals surface area contributed by atoms with Gasteiger partial charge in [-0.05, 0) is 113 Å². The zero-order valence-corrected chi connectivity index (χ0v) is 28.5. The van der Waals surface area contributed by atoms with E-state index in [1.54, 1.807) is 14.2 Å². The van der Waals surface area contributed by atoms with Gasteiger partial charge in [-0.1, -0.05) is 35.4 Å². The molecule has 2 amide bonds. The number of rotatable bonds is 4. The fraction of sp³-hybridized carbons (Fsp3) is 0.514. The molecule has 4 aliphatic rings. The highest BCUT2D eigenvalue weighted by atomic mass is 16.7. The van der Waals surface area contributed by atoms with Gasteiger partial charge in [-0.25, -0.2) is 0 Å². The summed E-state index contributed by atoms with van der Waals surface area (Å²) in [4.78, 5) is 30.5. The van der Waals surface area contributed by atoms with Gasteiger partial charge in [0.15, 0.2) is 0 Å². The summed E-state index contributed by atoms with van der Waals surface area (Å²) in [5.41, 5.74) is 7.79. The van der Waals surface area contributed by atoms with Crippen LogP contribution in [0.2, 0.25) is 0 Å². The lowest BCUT2D eigenvalue weighted by molar-refractivity contribution is -0.152. The highest BCUT2D eigenvalue weighted by Crippen LogP contribution is 2.43. The third-order valence-corrected chi connectivity index (χ3v) is 10.3. The predicted molar refractivity (Wildman–Crippen MR) is 179 cm³/mol. The maximum Gasteiger partial charge on any atom is 0.256 e. The number of nitrogens with one attached hydrogen (secondary N) is 2. The fourth-order valence-corrected chi connectivity index (χ4v) is 8.08. The van der Waals surface area contributed by atoms with Gasteiger partial charge in [-0.3, -0.25) is 9.59 Å². The lowest BCUT2D eigenvalue weighted by atomic mass is 9.79. The van der Waals surface area contributed by atoms with Crippen LogP contribution in [0.4, 0.5) is 0 Å². The summed E-state index contributed by atoms with van der Waals surface area (Å²) in [6.45, 7) is 13.4. The van der Waals surface area contributed by atoms with E-state index in [0.29, 0.717) is 37.1 Å². The van der Waals surface area contributed by atoms with Crippen molar-refractivity contribution < 1.29 is 29.4 Å². The molecule has 0 aromatic heterocycles. The molecule has 0 bridgehead atoms. The average Bonchev–Trinajstić information content (AvgIpc) is 3.37. The van der Waals surface area contributed by atoms with Crippen LogP contribution in [0, 0.1) is 41.5 Å². The molecule has 1 aliphatic carbocycles. The number of aliphatic hydroxyl groups is 2. The van der Waals surface area contributed by atoms with Gasteiger partial charge in [0.25, 0.3) is 11.8 Å². The molecule has 46 heavy (non-hydrogen) atoms. The summed E-state index contributed by atoms with van der Waals surface area (Å²) < 4.78 is 5.41. The molecular formula is C37H49N3O6. The number of carbonyl (C=O) groups is 2. The fourth-order valence-electron chi connectivity index (χ4n) is 8.08. The van der Waals surface area contributed by atoms with Crippen LogP contribution in [-0.4, -0.2) is 71.6 Å². The third kappa shape index (κ3) is 5.96. The van der Waals surface area contributed by atoms with Gasteiger partial charge in [0, 0.05) is 20.2 Å². The highest BCUT2D eigenvalue weighted by Gasteiger charge is 2.49. The molecule has 2 aromatic carbocycles. The van der Waals surface area contributed by atoms with Crippen molar-refractivity contribution in [3.8, 4) is 0 Å². The van der Waals surface area contributed by atoms with Crippen molar-refractivity contribution in [3.05, 3.63) is 80.3 Å². The Labute approximate surface area is 272 Å². The smallest absolute Gasteiger partial charge is 0.256 e. The summed E-state index contributed by atoms with van der Waals surface area (Å²) in [5, 5.41) is 29.8. The minimum atomic E-state index is -0.648. The number of piperidine rings is 1. The number of nitrogens with zero attached hydrogens (tertiary/aromatic N) is 1. The molecule has 1 saturated carbocycles. The minimum Gasteiger partial charge on any atom is -0.509 e. The Hall–Kier alpha value is -3.66. The predicted octanol–water partition coefficient (Wildman–Crippen LogP) is 5.75. The second-order valence-electron chi connectivity index (χ2n) is 13.6. The molecule has 9 nitrogen and oxygen atoms in total. The number of methoxy groups -OCH3 is 1. The Morgan fingerprint density at radius 2 is 1.04 bits per heavy atom. The topological polar surface area (TPSA) is 120 Å². The molecule has 3 aliphatic heterocycles. The number of hydrogen-bond acceptors (Lipinski definition) is 7. The van der Waals surface area contributed by atoms with E-state index in [9.17, 15) is 19.8 Å². The van der Waals surface area contributed by atoms with E-state index in [1.807, 2.05) is 46.6 Å². The van der Waals surface area contributed by atoms with Gasteiger partial charge < -0.3 is 30.4 Å². The second kappa shape index (κ2) is 12.9. The van der Waals surface area contributed by atoms with Crippen molar-refractivity contribution >= 4 is 23.0 Å². The summed E-state index contributed by atoms with van der Waals surface area (Å²) in [6.07, 6.45) is 4.64. The maximum atomic E-state index is 12.6. The molecular weight excluding hydrogens is 582 g/mol. The summed E-state index contributed by atoms with van der Waals surface area (Å²) in [6, 6.07) is 8.22. The van der Waals surface area contributed by atoms with E-state index >= 15 is 0 Å². The lowest BCUT2D eigenvalue weighted by Crippen LogP contribution is -2.52. The van der Waals surface area contributed by atoms with Crippen LogP contribution in [-0.2, 0) is 19.2 Å². The number of carbonyl (C=O) groups excluding carboxylic acids is 2. The molecule has 0 atom stereocenters. The minimum absolute atomic E-state index is 0.159. The van der Waals surface area contributed by atoms with Gasteiger partial charge in [0.1, 0.15) is 17.1 Å². The molecule has 3 heterocycles. The summed E-state index contributed by atoms with van der Waals surface area (Å²) in [5.74, 6) is 0.0669. The van der Waals surface area contributed by atoms with Crippen molar-refractivity contribution in [2.45, 2.75) is 97.2 Å². The monoisotopic (exact) mass is 631 g/mol. The van der Waals surface area contributed by atoms with E-state index in [-0.39, 0.29) is 29.4 Å². The van der Waals surface area contributed by atoms with Crippen LogP contribution in [0.1, 0.15) is 83.0 Å². The van der Waals surface area contributed by atoms with Gasteiger partial charge in [0.05, 0.1) is 29.9 Å². The number of benzene rings is 2. The molecule has 2 spiro atoms. The van der Waals surface area contributed by atoms with Crippen LogP contribution >= 0.6 is 0 Å². The molecule has 248 valence electrons. The normalized spacial score (nSPS) is 24.4. The Morgan fingerprint density at radius 3 is 1.39 bits per heavy atom. The van der Waals surface area contributed by atoms with Gasteiger partial charge >= 0.3 is 0 Å². The van der Waals surface area contributed by atoms with Crippen molar-refractivity contribution in [1.29, 1.82) is 0 Å². The first kappa shape index (κ1) is 33.7. The van der Waals surface area contributed by atoms with Gasteiger partial charge in [0.2, 0.25) is 0 Å². The molecule has 0 unspecified atom stereocenters. The average molecular weight is 632 g/mol. The summed E-state index contributed by atoms with van der Waals surface area (Å²) >= 11 is 0. The van der Waals surface area contributed by atoms with E-state index in [1.165, 1.54) is 0 Å². The third-order valence-electron chi connectivity index (χ3n) is 10.3. The van der Waals surface area contributed by atoms with Gasteiger partial charge in [-0.2, -0.15) is 5.06 Å². The lowest BCUT2D eigenvalue weighted by Gasteiger charge is -2.37. The van der Waals surface area contributed by atoms with Crippen LogP contribution in [0.15, 0.2) is 35.8 Å². The van der Waals surface area contributed by atoms with E-state index in [4.69, 9.17) is 9.57 Å². The standard InChI is InChI=1S/C19H25NO3.C18H24N2O3/c1-11-9-12(2)15(13(3)10-11)16-17(21)19(20-18(16)22)7-5-14(23-4)6-8-19;1-11-9-12(2)14(13(3)10-11)15-16(21)18(19-17(15)22)5-7-20(23-4)8-6-18/h9-10,14,21H,5-8H2,1-4H3,(H,20,22);9-10,21H,5-8H2,1-4H3,(H,19,22). The second-order valence-corrected chi connectivity index (χ2v) is 13.6. The molecule has 6 rings (SSSR count).